The van der Waals surface area contributed by atoms with Gasteiger partial charge in [-0.05, 0) is 48.6 Å². The number of rotatable bonds is 6. The number of nitrogens with zero attached hydrogens (tertiary/aromatic N) is 2. The van der Waals surface area contributed by atoms with E-state index in [1.165, 1.54) is 36.4 Å². The van der Waals surface area contributed by atoms with Crippen LogP contribution in [0.3, 0.4) is 0 Å². The minimum atomic E-state index is -4.77. The highest BCUT2D eigenvalue weighted by atomic mass is 32.2. The molecule has 1 amide bonds. The van der Waals surface area contributed by atoms with E-state index in [9.17, 15) is 31.6 Å². The van der Waals surface area contributed by atoms with E-state index >= 15 is 4.39 Å². The first-order valence-corrected chi connectivity index (χ1v) is 12.7. The summed E-state index contributed by atoms with van der Waals surface area (Å²) < 4.78 is 80.4. The summed E-state index contributed by atoms with van der Waals surface area (Å²) in [6.07, 6.45) is -3.63. The lowest BCUT2D eigenvalue weighted by molar-refractivity contribution is -0.161. The van der Waals surface area contributed by atoms with Gasteiger partial charge < -0.3 is 0 Å². The molecule has 0 bridgehead atoms. The maximum Gasteiger partial charge on any atom is 0.407 e. The second-order valence-electron chi connectivity index (χ2n) is 9.28. The number of alkyl halides is 4. The zero-order chi connectivity index (χ0) is 25.8. The van der Waals surface area contributed by atoms with E-state index in [0.29, 0.717) is 11.1 Å². The lowest BCUT2D eigenvalue weighted by Gasteiger charge is -2.31. The van der Waals surface area contributed by atoms with Gasteiger partial charge in [0.05, 0.1) is 17.0 Å². The molecule has 1 N–H and O–H groups in total. The Bertz CT molecular complexity index is 1280. The van der Waals surface area contributed by atoms with Gasteiger partial charge in [-0.25, -0.2) is 12.8 Å². The molecule has 6 nitrogen and oxygen atoms in total. The van der Waals surface area contributed by atoms with Gasteiger partial charge in [-0.1, -0.05) is 36.4 Å². The molecule has 2 aliphatic rings. The number of sulfone groups is 1. The molecular weight excluding hydrogens is 486 g/mol. The fraction of sp³-hybridized carbons (Fsp3) is 0.417. The average Bonchev–Trinajstić information content (AvgIpc) is 3.51. The molecule has 1 unspecified atom stereocenters. The van der Waals surface area contributed by atoms with Gasteiger partial charge >= 0.3 is 6.18 Å². The Morgan fingerprint density at radius 3 is 2.03 bits per heavy atom. The zero-order valence-electron chi connectivity index (χ0n) is 18.9. The lowest BCUT2D eigenvalue weighted by atomic mass is 9.99. The molecule has 2 aromatic carbocycles. The molecule has 0 spiro atoms. The number of likely N-dealkylation sites (tertiary alicyclic amines) is 1. The van der Waals surface area contributed by atoms with E-state index in [-0.39, 0.29) is 23.3 Å². The number of hydrogen-bond acceptors (Lipinski definition) is 5. The lowest BCUT2D eigenvalue weighted by Crippen LogP contribution is -2.50. The average molecular weight is 510 g/mol. The highest BCUT2D eigenvalue weighted by Crippen LogP contribution is 2.50. The second kappa shape index (κ2) is 8.31. The normalized spacial score (nSPS) is 24.8. The van der Waals surface area contributed by atoms with Crippen LogP contribution >= 0.6 is 0 Å². The van der Waals surface area contributed by atoms with Crippen molar-refractivity contribution in [1.29, 1.82) is 5.26 Å². The van der Waals surface area contributed by atoms with E-state index in [0.717, 1.165) is 18.1 Å². The Labute approximate surface area is 200 Å². The highest BCUT2D eigenvalue weighted by molar-refractivity contribution is 7.90. The molecule has 1 aliphatic carbocycles. The van der Waals surface area contributed by atoms with Gasteiger partial charge in [0, 0.05) is 12.7 Å². The molecule has 2 aromatic rings. The number of hydrogen-bond donors (Lipinski definition) is 1. The second-order valence-corrected chi connectivity index (χ2v) is 11.3. The summed E-state index contributed by atoms with van der Waals surface area (Å²) in [7, 11) is -3.38. The number of nitriles is 1. The summed E-state index contributed by atoms with van der Waals surface area (Å²) in [6, 6.07) is 9.64. The van der Waals surface area contributed by atoms with Crippen LogP contribution in [-0.2, 0) is 14.6 Å². The topological polar surface area (TPSA) is 90.3 Å². The molecule has 186 valence electrons. The van der Waals surface area contributed by atoms with Crippen molar-refractivity contribution in [2.45, 2.75) is 60.7 Å². The fourth-order valence-corrected chi connectivity index (χ4v) is 5.20. The minimum absolute atomic E-state index is 0.124. The van der Waals surface area contributed by atoms with E-state index in [2.05, 4.69) is 5.32 Å². The third-order valence-corrected chi connectivity index (χ3v) is 7.60. The molecule has 4 rings (SSSR count). The molecule has 1 heterocycles. The van der Waals surface area contributed by atoms with Crippen molar-refractivity contribution in [3.8, 4) is 17.2 Å². The van der Waals surface area contributed by atoms with E-state index in [1.54, 1.807) is 12.1 Å². The summed E-state index contributed by atoms with van der Waals surface area (Å²) in [4.78, 5) is 13.8. The third-order valence-electron chi connectivity index (χ3n) is 6.48. The van der Waals surface area contributed by atoms with Gasteiger partial charge in [0.15, 0.2) is 15.6 Å². The van der Waals surface area contributed by atoms with Crippen molar-refractivity contribution in [2.24, 2.45) is 0 Å². The zero-order valence-corrected chi connectivity index (χ0v) is 19.8. The van der Waals surface area contributed by atoms with E-state index in [1.807, 2.05) is 6.07 Å². The Morgan fingerprint density at radius 2 is 1.60 bits per heavy atom. The van der Waals surface area contributed by atoms with E-state index < -0.39 is 51.8 Å². The highest BCUT2D eigenvalue weighted by Gasteiger charge is 2.63. The molecule has 1 saturated heterocycles. The third kappa shape index (κ3) is 4.77. The molecule has 11 heteroatoms. The quantitative estimate of drug-likeness (QED) is 0.464. The predicted molar refractivity (Wildman–Crippen MR) is 119 cm³/mol. The number of amides is 1. The first-order chi connectivity index (χ1) is 16.2. The maximum absolute atomic E-state index is 15.2. The molecule has 1 saturated carbocycles. The summed E-state index contributed by atoms with van der Waals surface area (Å²) in [6.45, 7) is 1.11. The van der Waals surface area contributed by atoms with Crippen LogP contribution in [0.4, 0.5) is 17.6 Å². The molecular formula is C24H23F4N3O3S. The van der Waals surface area contributed by atoms with Gasteiger partial charge in [0.1, 0.15) is 11.6 Å². The van der Waals surface area contributed by atoms with Gasteiger partial charge in [-0.2, -0.15) is 18.4 Å². The first-order valence-electron chi connectivity index (χ1n) is 10.9. The summed E-state index contributed by atoms with van der Waals surface area (Å²) in [5.41, 5.74) is -0.276. The number of carbonyl (C=O) groups is 1. The van der Waals surface area contributed by atoms with Crippen LogP contribution in [0.25, 0.3) is 11.1 Å². The van der Waals surface area contributed by atoms with E-state index in [4.69, 9.17) is 0 Å². The summed E-state index contributed by atoms with van der Waals surface area (Å²) in [5.74, 6) is -3.09. The Hall–Kier alpha value is -2.97. The fourth-order valence-electron chi connectivity index (χ4n) is 4.57. The molecule has 3 atom stereocenters. The monoisotopic (exact) mass is 509 g/mol. The number of halogens is 4. The SMILES string of the molecule is CC1(F)C[C@H](N[C@@H](c2ccc(-c3ccc(S(C)(=O)=O)cc3)cc2)C(F)(F)F)C(=O)N1C1(C#N)CC1. The molecule has 0 radical (unpaired) electrons. The van der Waals surface area contributed by atoms with Crippen LogP contribution in [0.15, 0.2) is 53.4 Å². The largest absolute Gasteiger partial charge is 0.407 e. The van der Waals surface area contributed by atoms with Gasteiger partial charge in [0.25, 0.3) is 0 Å². The van der Waals surface area contributed by atoms with Crippen molar-refractivity contribution in [3.63, 3.8) is 0 Å². The Morgan fingerprint density at radius 1 is 1.09 bits per heavy atom. The number of carbonyl (C=O) groups excluding carboxylic acids is 1. The Balaban J connectivity index is 1.57. The van der Waals surface area contributed by atoms with Crippen LogP contribution in [-0.4, -0.2) is 49.0 Å². The van der Waals surface area contributed by atoms with Crippen LogP contribution in [0.5, 0.6) is 0 Å². The minimum Gasteiger partial charge on any atom is -0.291 e. The smallest absolute Gasteiger partial charge is 0.291 e. The van der Waals surface area contributed by atoms with Crippen molar-refractivity contribution < 1.29 is 30.8 Å². The predicted octanol–water partition coefficient (Wildman–Crippen LogP) is 4.29. The van der Waals surface area contributed by atoms with Gasteiger partial charge in [-0.3, -0.25) is 15.0 Å². The van der Waals surface area contributed by atoms with Gasteiger partial charge in [0.2, 0.25) is 5.91 Å². The molecule has 2 fully saturated rings. The van der Waals surface area contributed by atoms with Crippen LogP contribution < -0.4 is 5.32 Å². The van der Waals surface area contributed by atoms with Crippen LogP contribution in [0, 0.1) is 11.3 Å². The van der Waals surface area contributed by atoms with Crippen molar-refractivity contribution in [2.75, 3.05) is 6.26 Å². The van der Waals surface area contributed by atoms with Crippen molar-refractivity contribution >= 4 is 15.7 Å². The van der Waals surface area contributed by atoms with Crippen LogP contribution in [0.2, 0.25) is 0 Å². The van der Waals surface area contributed by atoms with Crippen LogP contribution in [0.1, 0.15) is 37.8 Å². The standard InChI is InChI=1S/C24H23F4N3O3S/c1-22(25)13-19(21(32)31(22)23(14-29)11-12-23)30-20(24(26,27)28)17-5-3-15(4-6-17)16-7-9-18(10-8-16)35(2,33)34/h3-10,19-20,30H,11-13H2,1-2H3/t19-,20-,22?/m0/s1. The number of benzene rings is 2. The summed E-state index contributed by atoms with van der Waals surface area (Å²) >= 11 is 0. The maximum atomic E-state index is 15.2. The number of nitrogens with one attached hydrogen (secondary N) is 1. The van der Waals surface area contributed by atoms with Gasteiger partial charge in [-0.15, -0.1) is 0 Å². The molecule has 0 aromatic heterocycles. The first kappa shape index (κ1) is 25.1. The van der Waals surface area contributed by atoms with Crippen molar-refractivity contribution in [1.82, 2.24) is 10.2 Å². The Kier molecular flexibility index (Phi) is 5.97. The van der Waals surface area contributed by atoms with Crippen molar-refractivity contribution in [3.05, 3.63) is 54.1 Å². The molecule has 35 heavy (non-hydrogen) atoms. The summed E-state index contributed by atoms with van der Waals surface area (Å²) in [5, 5.41) is 11.7. The molecule has 1 aliphatic heterocycles.